The maximum atomic E-state index is 5.42. The standard InChI is InChI=1S/C13H25NO/c1-4-6-14-13(8-11(2)3)9-12-5-7-15-10-12/h12-14H,2,4-10H2,1,3H3. The molecule has 0 saturated carbocycles. The zero-order valence-corrected chi connectivity index (χ0v) is 10.2. The van der Waals surface area contributed by atoms with Gasteiger partial charge in [-0.2, -0.15) is 0 Å². The predicted octanol–water partition coefficient (Wildman–Crippen LogP) is 2.75. The van der Waals surface area contributed by atoms with Gasteiger partial charge in [0.05, 0.1) is 0 Å². The van der Waals surface area contributed by atoms with Gasteiger partial charge in [0.25, 0.3) is 0 Å². The Morgan fingerprint density at radius 3 is 2.93 bits per heavy atom. The molecule has 0 aromatic heterocycles. The highest BCUT2D eigenvalue weighted by molar-refractivity contribution is 4.93. The third kappa shape index (κ3) is 5.33. The first-order valence-corrected chi connectivity index (χ1v) is 6.18. The topological polar surface area (TPSA) is 21.3 Å². The Hall–Kier alpha value is -0.340. The molecule has 2 heteroatoms. The lowest BCUT2D eigenvalue weighted by molar-refractivity contribution is 0.181. The summed E-state index contributed by atoms with van der Waals surface area (Å²) in [6.45, 7) is 11.4. The molecule has 0 aromatic rings. The van der Waals surface area contributed by atoms with Crippen LogP contribution in [-0.4, -0.2) is 25.8 Å². The van der Waals surface area contributed by atoms with Gasteiger partial charge in [0.1, 0.15) is 0 Å². The van der Waals surface area contributed by atoms with Gasteiger partial charge in [-0.3, -0.25) is 0 Å². The van der Waals surface area contributed by atoms with Gasteiger partial charge in [0.15, 0.2) is 0 Å². The second-order valence-electron chi connectivity index (χ2n) is 4.78. The van der Waals surface area contributed by atoms with E-state index in [0.717, 1.165) is 32.1 Å². The summed E-state index contributed by atoms with van der Waals surface area (Å²) >= 11 is 0. The summed E-state index contributed by atoms with van der Waals surface area (Å²) in [4.78, 5) is 0. The van der Waals surface area contributed by atoms with Crippen LogP contribution in [0.15, 0.2) is 12.2 Å². The van der Waals surface area contributed by atoms with Crippen LogP contribution < -0.4 is 5.32 Å². The van der Waals surface area contributed by atoms with Crippen molar-refractivity contribution in [1.29, 1.82) is 0 Å². The van der Waals surface area contributed by atoms with Crippen LogP contribution in [0.5, 0.6) is 0 Å². The number of hydrogen-bond acceptors (Lipinski definition) is 2. The van der Waals surface area contributed by atoms with Gasteiger partial charge in [0.2, 0.25) is 0 Å². The van der Waals surface area contributed by atoms with Crippen molar-refractivity contribution in [3.63, 3.8) is 0 Å². The smallest absolute Gasteiger partial charge is 0.0495 e. The second-order valence-corrected chi connectivity index (χ2v) is 4.78. The zero-order chi connectivity index (χ0) is 11.1. The summed E-state index contributed by atoms with van der Waals surface area (Å²) in [5, 5.41) is 3.61. The fourth-order valence-corrected chi connectivity index (χ4v) is 2.18. The first kappa shape index (κ1) is 12.7. The van der Waals surface area contributed by atoms with Gasteiger partial charge in [-0.25, -0.2) is 0 Å². The molecule has 15 heavy (non-hydrogen) atoms. The Bertz CT molecular complexity index is 185. The van der Waals surface area contributed by atoms with E-state index < -0.39 is 0 Å². The van der Waals surface area contributed by atoms with Crippen LogP contribution in [0.4, 0.5) is 0 Å². The lowest BCUT2D eigenvalue weighted by Gasteiger charge is -2.21. The highest BCUT2D eigenvalue weighted by Gasteiger charge is 2.20. The quantitative estimate of drug-likeness (QED) is 0.654. The summed E-state index contributed by atoms with van der Waals surface area (Å²) in [5.74, 6) is 0.763. The second kappa shape index (κ2) is 7.02. The van der Waals surface area contributed by atoms with Gasteiger partial charge < -0.3 is 10.1 Å². The lowest BCUT2D eigenvalue weighted by Crippen LogP contribution is -2.32. The van der Waals surface area contributed by atoms with Crippen LogP contribution in [0.1, 0.15) is 39.5 Å². The maximum Gasteiger partial charge on any atom is 0.0495 e. The summed E-state index contributed by atoms with van der Waals surface area (Å²) < 4.78 is 5.42. The average Bonchev–Trinajstić information content (AvgIpc) is 2.66. The molecule has 1 N–H and O–H groups in total. The molecule has 2 atom stereocenters. The molecule has 0 spiro atoms. The van der Waals surface area contributed by atoms with Crippen LogP contribution in [0.2, 0.25) is 0 Å². The van der Waals surface area contributed by atoms with Crippen LogP contribution in [0, 0.1) is 5.92 Å². The van der Waals surface area contributed by atoms with Crippen LogP contribution in [0.3, 0.4) is 0 Å². The number of rotatable bonds is 7. The van der Waals surface area contributed by atoms with Gasteiger partial charge in [0, 0.05) is 19.3 Å². The van der Waals surface area contributed by atoms with Crippen LogP contribution >= 0.6 is 0 Å². The third-order valence-electron chi connectivity index (χ3n) is 2.92. The van der Waals surface area contributed by atoms with Gasteiger partial charge in [-0.1, -0.05) is 12.5 Å². The van der Waals surface area contributed by atoms with Crippen molar-refractivity contribution in [3.8, 4) is 0 Å². The van der Waals surface area contributed by atoms with Crippen molar-refractivity contribution in [2.24, 2.45) is 5.92 Å². The molecule has 1 aliphatic heterocycles. The predicted molar refractivity (Wildman–Crippen MR) is 65.1 cm³/mol. The molecule has 2 nitrogen and oxygen atoms in total. The Kier molecular flexibility index (Phi) is 5.96. The zero-order valence-electron chi connectivity index (χ0n) is 10.2. The van der Waals surface area contributed by atoms with E-state index in [2.05, 4.69) is 25.7 Å². The maximum absolute atomic E-state index is 5.42. The Balaban J connectivity index is 2.29. The van der Waals surface area contributed by atoms with E-state index in [0.29, 0.717) is 6.04 Å². The Morgan fingerprint density at radius 1 is 1.60 bits per heavy atom. The molecule has 1 heterocycles. The highest BCUT2D eigenvalue weighted by atomic mass is 16.5. The van der Waals surface area contributed by atoms with Crippen LogP contribution in [-0.2, 0) is 4.74 Å². The van der Waals surface area contributed by atoms with E-state index in [1.165, 1.54) is 24.8 Å². The minimum atomic E-state index is 0.606. The fraction of sp³-hybridized carbons (Fsp3) is 0.846. The minimum absolute atomic E-state index is 0.606. The Morgan fingerprint density at radius 2 is 2.40 bits per heavy atom. The molecule has 0 aromatic carbocycles. The van der Waals surface area contributed by atoms with Gasteiger partial charge >= 0.3 is 0 Å². The average molecular weight is 211 g/mol. The normalized spacial score (nSPS) is 22.9. The van der Waals surface area contributed by atoms with Crippen molar-refractivity contribution in [2.75, 3.05) is 19.8 Å². The molecule has 0 bridgehead atoms. The molecule has 1 fully saturated rings. The summed E-state index contributed by atoms with van der Waals surface area (Å²) in [6.07, 6.45) is 4.79. The number of nitrogens with one attached hydrogen (secondary N) is 1. The van der Waals surface area contributed by atoms with E-state index in [1.54, 1.807) is 0 Å². The van der Waals surface area contributed by atoms with Crippen molar-refractivity contribution >= 4 is 0 Å². The van der Waals surface area contributed by atoms with E-state index in [1.807, 2.05) is 0 Å². The molecule has 88 valence electrons. The molecule has 0 amide bonds. The van der Waals surface area contributed by atoms with Crippen molar-refractivity contribution in [1.82, 2.24) is 5.32 Å². The SMILES string of the molecule is C=C(C)CC(CC1CCOC1)NCCC. The largest absolute Gasteiger partial charge is 0.381 e. The lowest BCUT2D eigenvalue weighted by atomic mass is 9.95. The molecule has 2 unspecified atom stereocenters. The van der Waals surface area contributed by atoms with Gasteiger partial charge in [-0.15, -0.1) is 6.58 Å². The van der Waals surface area contributed by atoms with Crippen molar-refractivity contribution in [3.05, 3.63) is 12.2 Å². The van der Waals surface area contributed by atoms with Crippen LogP contribution in [0.25, 0.3) is 0 Å². The molecule has 0 radical (unpaired) electrons. The molecule has 1 saturated heterocycles. The number of ether oxygens (including phenoxy) is 1. The third-order valence-corrected chi connectivity index (χ3v) is 2.92. The molecule has 1 rings (SSSR count). The molecular weight excluding hydrogens is 186 g/mol. The molecule has 1 aliphatic rings. The van der Waals surface area contributed by atoms with Gasteiger partial charge in [-0.05, 0) is 45.1 Å². The molecule has 0 aliphatic carbocycles. The fourth-order valence-electron chi connectivity index (χ4n) is 2.18. The summed E-state index contributed by atoms with van der Waals surface area (Å²) in [7, 11) is 0. The molecular formula is C13H25NO. The summed E-state index contributed by atoms with van der Waals surface area (Å²) in [5.41, 5.74) is 1.28. The van der Waals surface area contributed by atoms with E-state index in [-0.39, 0.29) is 0 Å². The Labute approximate surface area is 94.1 Å². The highest BCUT2D eigenvalue weighted by Crippen LogP contribution is 2.20. The van der Waals surface area contributed by atoms with E-state index in [9.17, 15) is 0 Å². The van der Waals surface area contributed by atoms with Crippen molar-refractivity contribution < 1.29 is 4.74 Å². The monoisotopic (exact) mass is 211 g/mol. The van der Waals surface area contributed by atoms with E-state index >= 15 is 0 Å². The first-order chi connectivity index (χ1) is 7.22. The van der Waals surface area contributed by atoms with Crippen molar-refractivity contribution in [2.45, 2.75) is 45.6 Å². The first-order valence-electron chi connectivity index (χ1n) is 6.18. The number of hydrogen-bond donors (Lipinski definition) is 1. The minimum Gasteiger partial charge on any atom is -0.381 e. The van der Waals surface area contributed by atoms with E-state index in [4.69, 9.17) is 4.74 Å². The summed E-state index contributed by atoms with van der Waals surface area (Å²) in [6, 6.07) is 0.606.